The van der Waals surface area contributed by atoms with Gasteiger partial charge in [0.2, 0.25) is 5.91 Å². The van der Waals surface area contributed by atoms with Crippen LogP contribution in [0.25, 0.3) is 10.8 Å². The highest BCUT2D eigenvalue weighted by molar-refractivity contribution is 6.14. The number of imide groups is 1. The van der Waals surface area contributed by atoms with Gasteiger partial charge in [0.05, 0.1) is 19.1 Å². The second-order valence-corrected chi connectivity index (χ2v) is 15.3. The van der Waals surface area contributed by atoms with E-state index in [1.54, 1.807) is 97.0 Å². The molecule has 0 spiro atoms. The lowest BCUT2D eigenvalue weighted by atomic mass is 9.93. The Balaban J connectivity index is 1.80. The average Bonchev–Trinajstić information content (AvgIpc) is 3.07. The molecule has 4 aromatic rings. The summed E-state index contributed by atoms with van der Waals surface area (Å²) in [6.45, 7) is 15.9. The Morgan fingerprint density at radius 3 is 2.07 bits per heavy atom. The zero-order valence-electron chi connectivity index (χ0n) is 33.1. The minimum atomic E-state index is -0.967. The standard InChI is InChI=1S/C42H53N5O8/c1-10-53-35(49)24-34(28-12-11-13-30(43)22-28)46-38(50)36(29-20-25(2)32(17-19-48)26(3)21-29)45-31-14-15-33-27(23-31)16-18-44-37(33)47(39(51)54-41(4,5)6)40(52)55-42(7,8)9/h11-16,18,20-23,34,36,45,48H,10,17,19,24,43H2,1-9H3,(H,46,50)/t34-,36?/m1/s1. The smallest absolute Gasteiger partial charge is 0.425 e. The van der Waals surface area contributed by atoms with Crippen LogP contribution in [0.3, 0.4) is 0 Å². The van der Waals surface area contributed by atoms with Crippen molar-refractivity contribution in [1.29, 1.82) is 0 Å². The molecule has 13 heteroatoms. The molecule has 3 amide bonds. The van der Waals surface area contributed by atoms with Gasteiger partial charge in [-0.15, -0.1) is 0 Å². The van der Waals surface area contributed by atoms with Crippen LogP contribution in [0.1, 0.15) is 94.8 Å². The molecule has 2 atom stereocenters. The number of esters is 1. The summed E-state index contributed by atoms with van der Waals surface area (Å²) in [5.41, 5.74) is 9.34. The van der Waals surface area contributed by atoms with Gasteiger partial charge in [-0.05, 0) is 138 Å². The van der Waals surface area contributed by atoms with Crippen LogP contribution in [0.15, 0.2) is 66.9 Å². The largest absolute Gasteiger partial charge is 0.466 e. The minimum Gasteiger partial charge on any atom is -0.466 e. The van der Waals surface area contributed by atoms with Crippen LogP contribution in [-0.2, 0) is 30.2 Å². The predicted octanol–water partition coefficient (Wildman–Crippen LogP) is 7.61. The van der Waals surface area contributed by atoms with Crippen molar-refractivity contribution in [2.75, 3.05) is 29.2 Å². The number of nitrogens with zero attached hydrogens (tertiary/aromatic N) is 2. The summed E-state index contributed by atoms with van der Waals surface area (Å²) in [6.07, 6.45) is -0.0989. The number of carbonyl (C=O) groups is 4. The third kappa shape index (κ3) is 11.4. The number of nitrogens with one attached hydrogen (secondary N) is 2. The van der Waals surface area contributed by atoms with Crippen molar-refractivity contribution in [3.63, 3.8) is 0 Å². The van der Waals surface area contributed by atoms with Crippen molar-refractivity contribution >= 4 is 52.0 Å². The number of amides is 3. The third-order valence-electron chi connectivity index (χ3n) is 8.40. The fourth-order valence-corrected chi connectivity index (χ4v) is 6.13. The van der Waals surface area contributed by atoms with Crippen LogP contribution in [0.2, 0.25) is 0 Å². The van der Waals surface area contributed by atoms with Gasteiger partial charge in [0.1, 0.15) is 17.2 Å². The molecule has 13 nitrogen and oxygen atoms in total. The number of aryl methyl sites for hydroxylation is 2. The Labute approximate surface area is 322 Å². The first-order chi connectivity index (χ1) is 25.8. The summed E-state index contributed by atoms with van der Waals surface area (Å²) < 4.78 is 16.4. The Bertz CT molecular complexity index is 1980. The lowest BCUT2D eigenvalue weighted by Gasteiger charge is -2.28. The number of hydrogen-bond donors (Lipinski definition) is 4. The molecular weight excluding hydrogens is 702 g/mol. The van der Waals surface area contributed by atoms with Gasteiger partial charge in [-0.25, -0.2) is 14.6 Å². The number of aromatic nitrogens is 1. The van der Waals surface area contributed by atoms with Crippen LogP contribution in [0.5, 0.6) is 0 Å². The Kier molecular flexibility index (Phi) is 13.5. The minimum absolute atomic E-state index is 0.0107. The predicted molar refractivity (Wildman–Crippen MR) is 213 cm³/mol. The molecule has 3 aromatic carbocycles. The highest BCUT2D eigenvalue weighted by atomic mass is 16.6. The molecule has 0 aliphatic carbocycles. The lowest BCUT2D eigenvalue weighted by Crippen LogP contribution is -2.44. The summed E-state index contributed by atoms with van der Waals surface area (Å²) in [4.78, 5) is 59.3. The summed E-state index contributed by atoms with van der Waals surface area (Å²) >= 11 is 0. The first-order valence-electron chi connectivity index (χ1n) is 18.2. The number of benzene rings is 3. The quantitative estimate of drug-likeness (QED) is 0.0634. The first-order valence-corrected chi connectivity index (χ1v) is 18.2. The van der Waals surface area contributed by atoms with E-state index < -0.39 is 47.3 Å². The number of carbonyl (C=O) groups excluding carboxylic acids is 4. The Hall–Kier alpha value is -5.69. The summed E-state index contributed by atoms with van der Waals surface area (Å²) in [5.74, 6) is -0.899. The van der Waals surface area contributed by atoms with Crippen molar-refractivity contribution in [3.8, 4) is 0 Å². The van der Waals surface area contributed by atoms with Crippen molar-refractivity contribution in [2.45, 2.75) is 98.4 Å². The van der Waals surface area contributed by atoms with Gasteiger partial charge in [-0.2, -0.15) is 4.90 Å². The van der Waals surface area contributed by atoms with Crippen molar-refractivity contribution < 1.29 is 38.5 Å². The Morgan fingerprint density at radius 1 is 0.873 bits per heavy atom. The number of nitrogens with two attached hydrogens (primary N) is 1. The first kappa shape index (κ1) is 42.1. The van der Waals surface area contributed by atoms with E-state index in [4.69, 9.17) is 19.9 Å². The second-order valence-electron chi connectivity index (χ2n) is 15.3. The molecule has 0 saturated heterocycles. The van der Waals surface area contributed by atoms with E-state index in [1.807, 2.05) is 26.0 Å². The topological polar surface area (TPSA) is 182 Å². The molecule has 5 N–H and O–H groups in total. The van der Waals surface area contributed by atoms with Gasteiger partial charge in [0, 0.05) is 29.6 Å². The fraction of sp³-hybridized carbons (Fsp3) is 0.405. The maximum absolute atomic E-state index is 14.5. The number of anilines is 3. The molecule has 4 rings (SSSR count). The molecule has 0 saturated carbocycles. The SMILES string of the molecule is CCOC(=O)C[C@@H](NC(=O)C(Nc1ccc2c(N(C(=O)OC(C)(C)C)C(=O)OC(C)(C)C)nccc2c1)c1cc(C)c(CCO)c(C)c1)c1cccc(N)c1. The molecule has 0 fully saturated rings. The molecule has 0 bridgehead atoms. The highest BCUT2D eigenvalue weighted by Crippen LogP contribution is 2.32. The molecule has 1 heterocycles. The summed E-state index contributed by atoms with van der Waals surface area (Å²) in [5, 5.41) is 17.2. The van der Waals surface area contributed by atoms with E-state index in [-0.39, 0.29) is 25.5 Å². The zero-order chi connectivity index (χ0) is 40.7. The van der Waals surface area contributed by atoms with E-state index in [9.17, 15) is 24.3 Å². The van der Waals surface area contributed by atoms with E-state index in [2.05, 4.69) is 15.6 Å². The molecule has 55 heavy (non-hydrogen) atoms. The van der Waals surface area contributed by atoms with Crippen LogP contribution in [0.4, 0.5) is 26.8 Å². The fourth-order valence-electron chi connectivity index (χ4n) is 6.13. The van der Waals surface area contributed by atoms with Gasteiger partial charge >= 0.3 is 18.2 Å². The lowest BCUT2D eigenvalue weighted by molar-refractivity contribution is -0.143. The highest BCUT2D eigenvalue weighted by Gasteiger charge is 2.35. The number of hydrogen-bond acceptors (Lipinski definition) is 11. The van der Waals surface area contributed by atoms with Crippen LogP contribution >= 0.6 is 0 Å². The molecule has 1 aromatic heterocycles. The monoisotopic (exact) mass is 755 g/mol. The normalized spacial score (nSPS) is 12.7. The second kappa shape index (κ2) is 17.6. The third-order valence-corrected chi connectivity index (χ3v) is 8.40. The van der Waals surface area contributed by atoms with Gasteiger partial charge in [0.15, 0.2) is 5.82 Å². The molecule has 294 valence electrons. The van der Waals surface area contributed by atoms with Crippen molar-refractivity contribution in [3.05, 3.63) is 94.7 Å². The van der Waals surface area contributed by atoms with Crippen LogP contribution in [-0.4, -0.2) is 58.6 Å². The van der Waals surface area contributed by atoms with E-state index in [1.165, 1.54) is 6.20 Å². The van der Waals surface area contributed by atoms with Crippen LogP contribution in [0, 0.1) is 13.8 Å². The number of pyridine rings is 1. The average molecular weight is 756 g/mol. The van der Waals surface area contributed by atoms with Gasteiger partial charge in [-0.1, -0.05) is 24.3 Å². The number of aliphatic hydroxyl groups excluding tert-OH is 1. The van der Waals surface area contributed by atoms with Crippen molar-refractivity contribution in [1.82, 2.24) is 10.3 Å². The Morgan fingerprint density at radius 2 is 1.51 bits per heavy atom. The van der Waals surface area contributed by atoms with Gasteiger partial charge in [0.25, 0.3) is 0 Å². The summed E-state index contributed by atoms with van der Waals surface area (Å²) in [6, 6.07) is 15.9. The van der Waals surface area contributed by atoms with E-state index >= 15 is 0 Å². The molecule has 0 aliphatic rings. The number of rotatable bonds is 12. The number of nitrogen functional groups attached to an aromatic ring is 1. The van der Waals surface area contributed by atoms with Crippen LogP contribution < -0.4 is 21.3 Å². The zero-order valence-corrected chi connectivity index (χ0v) is 33.1. The number of ether oxygens (including phenoxy) is 3. The van der Waals surface area contributed by atoms with Gasteiger partial charge in [-0.3, -0.25) is 9.59 Å². The molecule has 0 radical (unpaired) electrons. The molecular formula is C42H53N5O8. The maximum Gasteiger partial charge on any atom is 0.425 e. The van der Waals surface area contributed by atoms with E-state index in [0.717, 1.165) is 21.6 Å². The number of fused-ring (bicyclic) bond motifs is 1. The molecule has 1 unspecified atom stereocenters. The van der Waals surface area contributed by atoms with E-state index in [0.29, 0.717) is 39.7 Å². The number of aliphatic hydroxyl groups is 1. The van der Waals surface area contributed by atoms with Gasteiger partial charge < -0.3 is 35.7 Å². The maximum atomic E-state index is 14.5. The van der Waals surface area contributed by atoms with Crippen molar-refractivity contribution in [2.24, 2.45) is 0 Å². The summed E-state index contributed by atoms with van der Waals surface area (Å²) in [7, 11) is 0. The molecule has 0 aliphatic heterocycles.